The first-order valence-corrected chi connectivity index (χ1v) is 7.36. The van der Waals surface area contributed by atoms with Gasteiger partial charge in [-0.15, -0.1) is 0 Å². The standard InChI is InChI=1S/C16H20ClN3O3/c1-9(2)20-15(19)14(10(3)18)16(22)23-8-13(21)11-6-4-5-7-12(11)17/h4-7,9H,8,18H2,1-3H3,(H2,19,20)/b14-10+. The smallest absolute Gasteiger partial charge is 0.344 e. The molecule has 0 aromatic heterocycles. The molecule has 0 saturated carbocycles. The molecule has 0 atom stereocenters. The van der Waals surface area contributed by atoms with Crippen LogP contribution in [0.25, 0.3) is 0 Å². The zero-order valence-corrected chi connectivity index (χ0v) is 14.1. The second-order valence-corrected chi connectivity index (χ2v) is 5.55. The second-order valence-electron chi connectivity index (χ2n) is 5.15. The quantitative estimate of drug-likeness (QED) is 0.271. The van der Waals surface area contributed by atoms with Crippen molar-refractivity contribution in [1.29, 1.82) is 0 Å². The van der Waals surface area contributed by atoms with Gasteiger partial charge in [-0.3, -0.25) is 9.79 Å². The summed E-state index contributed by atoms with van der Waals surface area (Å²) in [6.45, 7) is 4.66. The number of rotatable bonds is 6. The number of Topliss-reactive ketones (excluding diaryl/α,β-unsaturated/α-hetero) is 1. The molecule has 0 unspecified atom stereocenters. The van der Waals surface area contributed by atoms with Gasteiger partial charge >= 0.3 is 5.97 Å². The number of esters is 1. The number of aliphatic imine (C=N–C) groups is 1. The van der Waals surface area contributed by atoms with E-state index in [0.717, 1.165) is 0 Å². The lowest BCUT2D eigenvalue weighted by atomic mass is 10.1. The molecule has 23 heavy (non-hydrogen) atoms. The Morgan fingerprint density at radius 2 is 1.87 bits per heavy atom. The van der Waals surface area contributed by atoms with Gasteiger partial charge in [0.1, 0.15) is 11.4 Å². The first-order chi connectivity index (χ1) is 10.7. The van der Waals surface area contributed by atoms with E-state index in [-0.39, 0.29) is 28.7 Å². The van der Waals surface area contributed by atoms with Crippen LogP contribution >= 0.6 is 11.6 Å². The van der Waals surface area contributed by atoms with Crippen LogP contribution < -0.4 is 11.5 Å². The number of ketones is 1. The lowest BCUT2D eigenvalue weighted by Crippen LogP contribution is -2.28. The highest BCUT2D eigenvalue weighted by molar-refractivity contribution is 6.34. The first-order valence-electron chi connectivity index (χ1n) is 6.98. The summed E-state index contributed by atoms with van der Waals surface area (Å²) in [5.74, 6) is -1.24. The van der Waals surface area contributed by atoms with Crippen molar-refractivity contribution in [2.75, 3.05) is 6.61 Å². The highest BCUT2D eigenvalue weighted by Crippen LogP contribution is 2.15. The third-order valence-electron chi connectivity index (χ3n) is 2.76. The third kappa shape index (κ3) is 5.41. The molecule has 0 aliphatic heterocycles. The molecule has 4 N–H and O–H groups in total. The van der Waals surface area contributed by atoms with Crippen molar-refractivity contribution in [1.82, 2.24) is 0 Å². The summed E-state index contributed by atoms with van der Waals surface area (Å²) in [5.41, 5.74) is 11.8. The average molecular weight is 338 g/mol. The fourth-order valence-corrected chi connectivity index (χ4v) is 2.02. The lowest BCUT2D eigenvalue weighted by Gasteiger charge is -2.10. The Labute approximate surface area is 140 Å². The monoisotopic (exact) mass is 337 g/mol. The average Bonchev–Trinajstić information content (AvgIpc) is 2.44. The number of carbonyl (C=O) groups excluding carboxylic acids is 2. The minimum Gasteiger partial charge on any atom is -0.454 e. The molecule has 7 heteroatoms. The summed E-state index contributed by atoms with van der Waals surface area (Å²) < 4.78 is 4.99. The molecule has 0 spiro atoms. The number of ether oxygens (including phenoxy) is 1. The largest absolute Gasteiger partial charge is 0.454 e. The normalized spacial score (nSPS) is 12.8. The topological polar surface area (TPSA) is 108 Å². The number of nitrogens with zero attached hydrogens (tertiary/aromatic N) is 1. The second kappa shape index (κ2) is 8.33. The van der Waals surface area contributed by atoms with E-state index >= 15 is 0 Å². The van der Waals surface area contributed by atoms with Crippen LogP contribution in [-0.4, -0.2) is 30.2 Å². The number of carbonyl (C=O) groups is 2. The van der Waals surface area contributed by atoms with Crippen LogP contribution in [0.2, 0.25) is 5.02 Å². The number of hydrogen-bond acceptors (Lipinski definition) is 5. The van der Waals surface area contributed by atoms with E-state index in [1.165, 1.54) is 6.92 Å². The maximum atomic E-state index is 12.1. The van der Waals surface area contributed by atoms with Crippen LogP contribution in [-0.2, 0) is 9.53 Å². The van der Waals surface area contributed by atoms with Crippen molar-refractivity contribution < 1.29 is 14.3 Å². The van der Waals surface area contributed by atoms with Crippen LogP contribution in [0.15, 0.2) is 40.5 Å². The summed E-state index contributed by atoms with van der Waals surface area (Å²) in [4.78, 5) is 28.2. The zero-order chi connectivity index (χ0) is 17.6. The maximum absolute atomic E-state index is 12.1. The summed E-state index contributed by atoms with van der Waals surface area (Å²) in [5, 5.41) is 0.292. The number of nitrogens with two attached hydrogens (primary N) is 2. The van der Waals surface area contributed by atoms with Gasteiger partial charge in [-0.05, 0) is 32.9 Å². The molecule has 0 radical (unpaired) electrons. The molecule has 1 aromatic carbocycles. The molecule has 0 amide bonds. The number of hydrogen-bond donors (Lipinski definition) is 2. The highest BCUT2D eigenvalue weighted by Gasteiger charge is 2.20. The minimum atomic E-state index is -0.799. The summed E-state index contributed by atoms with van der Waals surface area (Å²) in [7, 11) is 0. The van der Waals surface area contributed by atoms with Crippen LogP contribution in [0.5, 0.6) is 0 Å². The van der Waals surface area contributed by atoms with E-state index < -0.39 is 18.4 Å². The number of allylic oxidation sites excluding steroid dienone is 1. The molecule has 6 nitrogen and oxygen atoms in total. The fraction of sp³-hybridized carbons (Fsp3) is 0.312. The van der Waals surface area contributed by atoms with Crippen LogP contribution in [0.1, 0.15) is 31.1 Å². The first kappa shape index (κ1) is 18.7. The van der Waals surface area contributed by atoms with E-state index in [2.05, 4.69) is 4.99 Å². The van der Waals surface area contributed by atoms with Crippen molar-refractivity contribution in [3.05, 3.63) is 46.1 Å². The summed E-state index contributed by atoms with van der Waals surface area (Å²) >= 11 is 5.93. The van der Waals surface area contributed by atoms with Gasteiger partial charge < -0.3 is 16.2 Å². The predicted molar refractivity (Wildman–Crippen MR) is 90.4 cm³/mol. The molecule has 1 rings (SSSR count). The van der Waals surface area contributed by atoms with Crippen molar-refractivity contribution in [3.63, 3.8) is 0 Å². The van der Waals surface area contributed by atoms with Gasteiger partial charge in [-0.2, -0.15) is 0 Å². The van der Waals surface area contributed by atoms with Crippen molar-refractivity contribution >= 4 is 29.2 Å². The lowest BCUT2D eigenvalue weighted by molar-refractivity contribution is -0.137. The van der Waals surface area contributed by atoms with Crippen molar-refractivity contribution in [2.45, 2.75) is 26.8 Å². The highest BCUT2D eigenvalue weighted by atomic mass is 35.5. The Bertz CT molecular complexity index is 662. The number of benzene rings is 1. The Kier molecular flexibility index (Phi) is 6.78. The van der Waals surface area contributed by atoms with Gasteiger partial charge in [0.05, 0.1) is 5.02 Å². The molecule has 0 saturated heterocycles. The van der Waals surface area contributed by atoms with E-state index in [1.807, 2.05) is 13.8 Å². The molecule has 0 aliphatic rings. The fourth-order valence-electron chi connectivity index (χ4n) is 1.78. The molecule has 0 bridgehead atoms. The van der Waals surface area contributed by atoms with Gasteiger partial charge in [-0.25, -0.2) is 4.79 Å². The summed E-state index contributed by atoms with van der Waals surface area (Å²) in [6, 6.07) is 6.40. The van der Waals surface area contributed by atoms with Gasteiger partial charge in [0.2, 0.25) is 5.78 Å². The number of halogens is 1. The molecule has 124 valence electrons. The number of amidine groups is 1. The molecule has 0 fully saturated rings. The van der Waals surface area contributed by atoms with Gasteiger partial charge in [-0.1, -0.05) is 23.7 Å². The Morgan fingerprint density at radius 3 is 2.39 bits per heavy atom. The SMILES string of the molecule is C/C(N)=C(\C(=O)OCC(=O)c1ccccc1Cl)C(N)=NC(C)C. The minimum absolute atomic E-state index is 0.0183. The Hall–Kier alpha value is -2.34. The van der Waals surface area contributed by atoms with Gasteiger partial charge in [0.25, 0.3) is 0 Å². The van der Waals surface area contributed by atoms with E-state index in [9.17, 15) is 9.59 Å². The van der Waals surface area contributed by atoms with Crippen molar-refractivity contribution in [3.8, 4) is 0 Å². The summed E-state index contributed by atoms with van der Waals surface area (Å²) in [6.07, 6.45) is 0. The van der Waals surface area contributed by atoms with Crippen LogP contribution in [0, 0.1) is 0 Å². The van der Waals surface area contributed by atoms with Gasteiger partial charge in [0.15, 0.2) is 6.61 Å². The van der Waals surface area contributed by atoms with E-state index in [4.69, 9.17) is 27.8 Å². The Balaban J connectivity index is 2.84. The third-order valence-corrected chi connectivity index (χ3v) is 3.09. The molecule has 0 heterocycles. The molecular weight excluding hydrogens is 318 g/mol. The zero-order valence-electron chi connectivity index (χ0n) is 13.3. The van der Waals surface area contributed by atoms with Gasteiger partial charge in [0, 0.05) is 17.3 Å². The van der Waals surface area contributed by atoms with Crippen molar-refractivity contribution in [2.24, 2.45) is 16.5 Å². The molecule has 0 aliphatic carbocycles. The van der Waals surface area contributed by atoms with E-state index in [0.29, 0.717) is 5.02 Å². The molecular formula is C16H20ClN3O3. The maximum Gasteiger partial charge on any atom is 0.344 e. The van der Waals surface area contributed by atoms with E-state index in [1.54, 1.807) is 24.3 Å². The Morgan fingerprint density at radius 1 is 1.26 bits per heavy atom. The van der Waals surface area contributed by atoms with Crippen LogP contribution in [0.3, 0.4) is 0 Å². The molecule has 1 aromatic rings. The van der Waals surface area contributed by atoms with Crippen LogP contribution in [0.4, 0.5) is 0 Å². The predicted octanol–water partition coefficient (Wildman–Crippen LogP) is 2.06.